The molecule has 106 valence electrons. The van der Waals surface area contributed by atoms with Crippen molar-refractivity contribution in [2.45, 2.75) is 40.2 Å². The molecule has 0 atom stereocenters. The molecule has 0 unspecified atom stereocenters. The molecule has 2 rings (SSSR count). The van der Waals surface area contributed by atoms with Gasteiger partial charge in [-0.15, -0.1) is 0 Å². The van der Waals surface area contributed by atoms with Crippen LogP contribution in [-0.2, 0) is 6.54 Å². The van der Waals surface area contributed by atoms with Crippen LogP contribution in [0.4, 0.5) is 0 Å². The molecule has 1 heteroatoms. The zero-order valence-electron chi connectivity index (χ0n) is 12.9. The predicted molar refractivity (Wildman–Crippen MR) is 87.3 cm³/mol. The molecule has 1 aromatic rings. The highest BCUT2D eigenvalue weighted by molar-refractivity contribution is 5.33. The molecule has 1 nitrogen and oxygen atoms in total. The van der Waals surface area contributed by atoms with Crippen molar-refractivity contribution in [3.05, 3.63) is 71.5 Å². The monoisotopic (exact) mass is 267 g/mol. The van der Waals surface area contributed by atoms with Gasteiger partial charge in [-0.1, -0.05) is 62.4 Å². The Bertz CT molecular complexity index is 532. The van der Waals surface area contributed by atoms with Gasteiger partial charge in [0, 0.05) is 12.2 Å². The molecule has 0 fully saturated rings. The second-order valence-corrected chi connectivity index (χ2v) is 6.50. The maximum Gasteiger partial charge on any atom is 0.0397 e. The highest BCUT2D eigenvalue weighted by atomic mass is 14.9. The number of rotatable bonds is 3. The van der Waals surface area contributed by atoms with E-state index in [1.165, 1.54) is 22.4 Å². The van der Waals surface area contributed by atoms with Gasteiger partial charge in [-0.05, 0) is 42.4 Å². The van der Waals surface area contributed by atoms with E-state index in [-0.39, 0.29) is 5.41 Å². The lowest BCUT2D eigenvalue weighted by molar-refractivity contribution is 0.350. The van der Waals surface area contributed by atoms with Crippen molar-refractivity contribution in [2.24, 2.45) is 5.41 Å². The second-order valence-electron chi connectivity index (χ2n) is 6.50. The first kappa shape index (κ1) is 14.6. The maximum atomic E-state index is 4.19. The van der Waals surface area contributed by atoms with E-state index in [0.29, 0.717) is 0 Å². The molecule has 0 saturated carbocycles. The summed E-state index contributed by atoms with van der Waals surface area (Å²) in [5.74, 6) is 0. The second kappa shape index (κ2) is 6.13. The van der Waals surface area contributed by atoms with Gasteiger partial charge in [-0.3, -0.25) is 0 Å². The van der Waals surface area contributed by atoms with Crippen LogP contribution in [0.15, 0.2) is 65.9 Å². The van der Waals surface area contributed by atoms with E-state index in [4.69, 9.17) is 0 Å². The Hall–Kier alpha value is -1.76. The number of nitrogens with one attached hydrogen (secondary N) is 1. The molecule has 1 N–H and O–H groups in total. The lowest BCUT2D eigenvalue weighted by Crippen LogP contribution is -2.22. The Labute approximate surface area is 123 Å². The molecule has 0 radical (unpaired) electrons. The van der Waals surface area contributed by atoms with Crippen molar-refractivity contribution >= 4 is 0 Å². The van der Waals surface area contributed by atoms with E-state index in [9.17, 15) is 0 Å². The molecule has 1 aromatic carbocycles. The van der Waals surface area contributed by atoms with Gasteiger partial charge in [0.25, 0.3) is 0 Å². The fourth-order valence-electron chi connectivity index (χ4n) is 2.63. The van der Waals surface area contributed by atoms with Gasteiger partial charge in [0.05, 0.1) is 0 Å². The topological polar surface area (TPSA) is 12.0 Å². The maximum absolute atomic E-state index is 4.19. The van der Waals surface area contributed by atoms with Crippen LogP contribution in [0, 0.1) is 5.41 Å². The number of allylic oxidation sites excluding steroid dienone is 5. The third-order valence-electron chi connectivity index (χ3n) is 3.82. The highest BCUT2D eigenvalue weighted by Gasteiger charge is 2.22. The minimum Gasteiger partial charge on any atom is -0.384 e. The molecule has 1 aliphatic carbocycles. The fourth-order valence-corrected chi connectivity index (χ4v) is 2.63. The summed E-state index contributed by atoms with van der Waals surface area (Å²) >= 11 is 0. The Balaban J connectivity index is 2.10. The lowest BCUT2D eigenvalue weighted by Gasteiger charge is -2.29. The summed E-state index contributed by atoms with van der Waals surface area (Å²) in [6.07, 6.45) is 6.51. The first-order valence-corrected chi connectivity index (χ1v) is 7.30. The predicted octanol–water partition coefficient (Wildman–Crippen LogP) is 4.98. The molecule has 0 aliphatic heterocycles. The van der Waals surface area contributed by atoms with Gasteiger partial charge in [-0.2, -0.15) is 0 Å². The summed E-state index contributed by atoms with van der Waals surface area (Å²) in [6.45, 7) is 11.9. The van der Waals surface area contributed by atoms with Crippen LogP contribution in [0.5, 0.6) is 0 Å². The van der Waals surface area contributed by atoms with Crippen LogP contribution in [0.3, 0.4) is 0 Å². The zero-order chi connectivity index (χ0) is 14.6. The van der Waals surface area contributed by atoms with Crippen LogP contribution < -0.4 is 5.32 Å². The van der Waals surface area contributed by atoms with Gasteiger partial charge in [-0.25, -0.2) is 0 Å². The third-order valence-corrected chi connectivity index (χ3v) is 3.82. The van der Waals surface area contributed by atoms with Gasteiger partial charge >= 0.3 is 0 Å². The molecule has 1 aliphatic rings. The van der Waals surface area contributed by atoms with E-state index in [1.54, 1.807) is 0 Å². The standard InChI is InChI=1S/C19H25N/c1-15-10-11-18(13-19(3,4)12-16(15)2)20-14-17-8-6-5-7-9-17/h5-11,20H,2,12-14H2,1,3-4H3/b15-10+,18-11+. The quantitative estimate of drug-likeness (QED) is 0.814. The van der Waals surface area contributed by atoms with Crippen molar-refractivity contribution in [3.63, 3.8) is 0 Å². The zero-order valence-corrected chi connectivity index (χ0v) is 12.9. The highest BCUT2D eigenvalue weighted by Crippen LogP contribution is 2.35. The average molecular weight is 267 g/mol. The van der Waals surface area contributed by atoms with Crippen LogP contribution >= 0.6 is 0 Å². The van der Waals surface area contributed by atoms with E-state index >= 15 is 0 Å². The lowest BCUT2D eigenvalue weighted by atomic mass is 9.79. The largest absolute Gasteiger partial charge is 0.384 e. The Morgan fingerprint density at radius 3 is 2.50 bits per heavy atom. The average Bonchev–Trinajstić information content (AvgIpc) is 2.40. The van der Waals surface area contributed by atoms with Gasteiger partial charge in [0.1, 0.15) is 0 Å². The number of hydrogen-bond donors (Lipinski definition) is 1. The van der Waals surface area contributed by atoms with Gasteiger partial charge in [0.15, 0.2) is 0 Å². The van der Waals surface area contributed by atoms with Crippen molar-refractivity contribution in [1.29, 1.82) is 0 Å². The SMILES string of the molecule is C=C1CC(C)(C)C/C(NCc2ccccc2)=C\C=C\1C. The van der Waals surface area contributed by atoms with Crippen LogP contribution in [-0.4, -0.2) is 0 Å². The molecule has 0 bridgehead atoms. The molecule has 0 aromatic heterocycles. The van der Waals surface area contributed by atoms with Gasteiger partial charge in [0.2, 0.25) is 0 Å². The summed E-state index contributed by atoms with van der Waals surface area (Å²) in [7, 11) is 0. The van der Waals surface area contributed by atoms with E-state index in [1.807, 2.05) is 0 Å². The minimum atomic E-state index is 0.252. The summed E-state index contributed by atoms with van der Waals surface area (Å²) in [4.78, 5) is 0. The minimum absolute atomic E-state index is 0.252. The Morgan fingerprint density at radius 1 is 1.10 bits per heavy atom. The van der Waals surface area contributed by atoms with E-state index in [0.717, 1.165) is 19.4 Å². The summed E-state index contributed by atoms with van der Waals surface area (Å²) in [5.41, 5.74) is 5.43. The van der Waals surface area contributed by atoms with Crippen LogP contribution in [0.2, 0.25) is 0 Å². The molecule has 0 amide bonds. The third kappa shape index (κ3) is 4.12. The smallest absolute Gasteiger partial charge is 0.0397 e. The Kier molecular flexibility index (Phi) is 4.49. The molecule has 0 saturated heterocycles. The van der Waals surface area contributed by atoms with Crippen LogP contribution in [0.25, 0.3) is 0 Å². The Morgan fingerprint density at radius 2 is 1.80 bits per heavy atom. The molecular formula is C19H25N. The van der Waals surface area contributed by atoms with E-state index < -0.39 is 0 Å². The molecule has 20 heavy (non-hydrogen) atoms. The van der Waals surface area contributed by atoms with Crippen molar-refractivity contribution in [3.8, 4) is 0 Å². The first-order valence-electron chi connectivity index (χ1n) is 7.30. The molecular weight excluding hydrogens is 242 g/mol. The van der Waals surface area contributed by atoms with Gasteiger partial charge < -0.3 is 5.32 Å². The summed E-state index contributed by atoms with van der Waals surface area (Å²) < 4.78 is 0. The number of benzene rings is 1. The van der Waals surface area contributed by atoms with Crippen LogP contribution in [0.1, 0.15) is 39.2 Å². The fraction of sp³-hybridized carbons (Fsp3) is 0.368. The summed E-state index contributed by atoms with van der Waals surface area (Å²) in [6, 6.07) is 10.5. The normalized spacial score (nSPS) is 23.9. The van der Waals surface area contributed by atoms with E-state index in [2.05, 4.69) is 75.2 Å². The van der Waals surface area contributed by atoms with Crippen molar-refractivity contribution in [1.82, 2.24) is 5.32 Å². The molecule has 0 spiro atoms. The molecule has 0 heterocycles. The first-order chi connectivity index (χ1) is 9.46. The summed E-state index contributed by atoms with van der Waals surface area (Å²) in [5, 5.41) is 3.58. The number of hydrogen-bond acceptors (Lipinski definition) is 1. The van der Waals surface area contributed by atoms with Crippen molar-refractivity contribution < 1.29 is 0 Å². The van der Waals surface area contributed by atoms with Crippen molar-refractivity contribution in [2.75, 3.05) is 0 Å².